The third-order valence-corrected chi connectivity index (χ3v) is 6.25. The van der Waals surface area contributed by atoms with Crippen LogP contribution in [0.25, 0.3) is 0 Å². The molecule has 0 aliphatic carbocycles. The first kappa shape index (κ1) is 19.8. The van der Waals surface area contributed by atoms with Crippen molar-refractivity contribution in [2.45, 2.75) is 6.61 Å². The molecule has 0 aliphatic heterocycles. The van der Waals surface area contributed by atoms with Gasteiger partial charge in [0.2, 0.25) is 0 Å². The summed E-state index contributed by atoms with van der Waals surface area (Å²) in [5.74, 6) is 3.04. The van der Waals surface area contributed by atoms with Crippen molar-refractivity contribution in [1.29, 1.82) is 0 Å². The maximum absolute atomic E-state index is 12.1. The Labute approximate surface area is 169 Å². The molecule has 1 aromatic heterocycles. The summed E-state index contributed by atoms with van der Waals surface area (Å²) >= 11 is 9.94. The second-order valence-electron chi connectivity index (χ2n) is 4.64. The standard InChI is InChI=1S/C16H13Br3N2O4/c1-3-6-24-10-5-4-9(7-11(10)23-2)8-25-21-16(22)14-12(17)13(18)15(19)20-14/h1,4-5,7,20H,6,8H2,2H3,(H,21,22). The third kappa shape index (κ3) is 5.01. The van der Waals surface area contributed by atoms with Crippen LogP contribution in [0.1, 0.15) is 16.1 Å². The summed E-state index contributed by atoms with van der Waals surface area (Å²) in [6.07, 6.45) is 5.17. The first-order chi connectivity index (χ1) is 12.0. The van der Waals surface area contributed by atoms with E-state index < -0.39 is 5.91 Å². The minimum absolute atomic E-state index is 0.151. The Morgan fingerprint density at radius 1 is 1.28 bits per heavy atom. The van der Waals surface area contributed by atoms with E-state index in [1.54, 1.807) is 18.2 Å². The average Bonchev–Trinajstić information content (AvgIpc) is 2.87. The van der Waals surface area contributed by atoms with Gasteiger partial charge in [-0.25, -0.2) is 5.48 Å². The highest BCUT2D eigenvalue weighted by Crippen LogP contribution is 2.33. The summed E-state index contributed by atoms with van der Waals surface area (Å²) in [7, 11) is 1.53. The van der Waals surface area contributed by atoms with Crippen molar-refractivity contribution in [2.24, 2.45) is 0 Å². The Balaban J connectivity index is 1.96. The number of hydrogen-bond acceptors (Lipinski definition) is 4. The van der Waals surface area contributed by atoms with Crippen molar-refractivity contribution < 1.29 is 19.1 Å². The number of hydroxylamine groups is 1. The van der Waals surface area contributed by atoms with Gasteiger partial charge >= 0.3 is 0 Å². The van der Waals surface area contributed by atoms with E-state index in [2.05, 4.69) is 64.2 Å². The van der Waals surface area contributed by atoms with E-state index in [1.165, 1.54) is 7.11 Å². The number of halogens is 3. The van der Waals surface area contributed by atoms with Gasteiger partial charge in [-0.05, 0) is 65.5 Å². The monoisotopic (exact) mass is 534 g/mol. The Bertz CT molecular complexity index is 814. The predicted molar refractivity (Wildman–Crippen MR) is 103 cm³/mol. The summed E-state index contributed by atoms with van der Waals surface area (Å²) in [5, 5.41) is 0. The van der Waals surface area contributed by atoms with Crippen molar-refractivity contribution >= 4 is 53.7 Å². The Morgan fingerprint density at radius 3 is 2.64 bits per heavy atom. The van der Waals surface area contributed by atoms with E-state index in [4.69, 9.17) is 20.7 Å². The minimum Gasteiger partial charge on any atom is -0.493 e. The van der Waals surface area contributed by atoms with Crippen molar-refractivity contribution in [2.75, 3.05) is 13.7 Å². The summed E-state index contributed by atoms with van der Waals surface area (Å²) in [4.78, 5) is 20.3. The second-order valence-corrected chi connectivity index (χ2v) is 7.02. The second kappa shape index (κ2) is 9.29. The Kier molecular flexibility index (Phi) is 7.38. The van der Waals surface area contributed by atoms with Crippen LogP contribution in [0.15, 0.2) is 31.7 Å². The molecule has 2 aromatic rings. The average molecular weight is 537 g/mol. The van der Waals surface area contributed by atoms with Crippen molar-refractivity contribution in [3.05, 3.63) is 43.0 Å². The molecule has 1 amide bonds. The van der Waals surface area contributed by atoms with Gasteiger partial charge < -0.3 is 14.5 Å². The van der Waals surface area contributed by atoms with Crippen LogP contribution in [0, 0.1) is 12.3 Å². The van der Waals surface area contributed by atoms with E-state index in [1.807, 2.05) is 0 Å². The molecule has 132 valence electrons. The number of methoxy groups -OCH3 is 1. The third-order valence-electron chi connectivity index (χ3n) is 3.01. The molecule has 0 bridgehead atoms. The maximum atomic E-state index is 12.1. The zero-order valence-corrected chi connectivity index (χ0v) is 17.7. The van der Waals surface area contributed by atoms with E-state index in [9.17, 15) is 4.79 Å². The van der Waals surface area contributed by atoms with Crippen LogP contribution < -0.4 is 15.0 Å². The first-order valence-corrected chi connectivity index (χ1v) is 9.23. The molecule has 0 saturated heterocycles. The number of carbonyl (C=O) groups excluding carboxylic acids is 1. The quantitative estimate of drug-likeness (QED) is 0.411. The summed E-state index contributed by atoms with van der Waals surface area (Å²) in [5.41, 5.74) is 3.49. The number of nitrogens with one attached hydrogen (secondary N) is 2. The van der Waals surface area contributed by atoms with Gasteiger partial charge in [-0.2, -0.15) is 0 Å². The number of aromatic nitrogens is 1. The fraction of sp³-hybridized carbons (Fsp3) is 0.188. The lowest BCUT2D eigenvalue weighted by Crippen LogP contribution is -2.24. The first-order valence-electron chi connectivity index (χ1n) is 6.85. The van der Waals surface area contributed by atoms with Gasteiger partial charge in [-0.15, -0.1) is 6.42 Å². The van der Waals surface area contributed by atoms with Gasteiger partial charge in [0.15, 0.2) is 11.5 Å². The summed E-state index contributed by atoms with van der Waals surface area (Å²) in [6.45, 7) is 0.302. The Morgan fingerprint density at radius 2 is 2.04 bits per heavy atom. The molecule has 0 spiro atoms. The highest BCUT2D eigenvalue weighted by atomic mass is 79.9. The number of aromatic amines is 1. The molecule has 2 N–H and O–H groups in total. The lowest BCUT2D eigenvalue weighted by molar-refractivity contribution is 0.0228. The molecule has 1 heterocycles. The van der Waals surface area contributed by atoms with Crippen LogP contribution in [0.4, 0.5) is 0 Å². The van der Waals surface area contributed by atoms with Gasteiger partial charge in [0.25, 0.3) is 5.91 Å². The fourth-order valence-corrected chi connectivity index (χ4v) is 3.30. The molecule has 25 heavy (non-hydrogen) atoms. The van der Waals surface area contributed by atoms with E-state index in [0.717, 1.165) is 5.56 Å². The number of benzene rings is 1. The largest absolute Gasteiger partial charge is 0.493 e. The molecule has 0 aliphatic rings. The van der Waals surface area contributed by atoms with Crippen molar-refractivity contribution in [1.82, 2.24) is 10.5 Å². The molecule has 2 rings (SSSR count). The SMILES string of the molecule is C#CCOc1ccc(CONC(=O)c2[nH]c(Br)c(Br)c2Br)cc1OC. The molecule has 0 unspecified atom stereocenters. The molecule has 1 aromatic carbocycles. The van der Waals surface area contributed by atoms with Gasteiger partial charge in [-0.3, -0.25) is 9.63 Å². The molecular weight excluding hydrogens is 524 g/mol. The van der Waals surface area contributed by atoms with Crippen LogP contribution in [-0.4, -0.2) is 24.6 Å². The van der Waals surface area contributed by atoms with Crippen LogP contribution >= 0.6 is 47.8 Å². The summed E-state index contributed by atoms with van der Waals surface area (Å²) < 4.78 is 12.6. The number of carbonyl (C=O) groups is 1. The molecular formula is C16H13Br3N2O4. The van der Waals surface area contributed by atoms with Crippen molar-refractivity contribution in [3.8, 4) is 23.8 Å². The molecule has 0 saturated carbocycles. The molecule has 0 fully saturated rings. The Hall–Kier alpha value is -1.47. The number of hydrogen-bond donors (Lipinski definition) is 2. The normalized spacial score (nSPS) is 10.2. The highest BCUT2D eigenvalue weighted by Gasteiger charge is 2.18. The van der Waals surface area contributed by atoms with E-state index in [-0.39, 0.29) is 13.2 Å². The van der Waals surface area contributed by atoms with Crippen molar-refractivity contribution in [3.63, 3.8) is 0 Å². The number of rotatable bonds is 7. The zero-order chi connectivity index (χ0) is 18.4. The van der Waals surface area contributed by atoms with E-state index >= 15 is 0 Å². The minimum atomic E-state index is -0.417. The van der Waals surface area contributed by atoms with Crippen LogP contribution in [0.3, 0.4) is 0 Å². The smallest absolute Gasteiger partial charge is 0.292 e. The van der Waals surface area contributed by atoms with Gasteiger partial charge in [0, 0.05) is 0 Å². The number of ether oxygens (including phenoxy) is 2. The van der Waals surface area contributed by atoms with Crippen LogP contribution in [-0.2, 0) is 11.4 Å². The lowest BCUT2D eigenvalue weighted by atomic mass is 10.2. The number of terminal acetylenes is 1. The number of H-pyrrole nitrogens is 1. The number of amides is 1. The molecule has 0 radical (unpaired) electrons. The maximum Gasteiger partial charge on any atom is 0.292 e. The molecule has 0 atom stereocenters. The van der Waals surface area contributed by atoms with Crippen LogP contribution in [0.5, 0.6) is 11.5 Å². The predicted octanol–water partition coefficient (Wildman–Crippen LogP) is 4.18. The molecule has 9 heteroatoms. The highest BCUT2D eigenvalue weighted by molar-refractivity contribution is 9.14. The van der Waals surface area contributed by atoms with Crippen LogP contribution in [0.2, 0.25) is 0 Å². The summed E-state index contributed by atoms with van der Waals surface area (Å²) in [6, 6.07) is 5.26. The zero-order valence-electron chi connectivity index (χ0n) is 13.0. The van der Waals surface area contributed by atoms with Gasteiger partial charge in [0.05, 0.1) is 27.3 Å². The van der Waals surface area contributed by atoms with Gasteiger partial charge in [0.1, 0.15) is 12.3 Å². The van der Waals surface area contributed by atoms with E-state index in [0.29, 0.717) is 30.7 Å². The lowest BCUT2D eigenvalue weighted by Gasteiger charge is -2.11. The molecule has 6 nitrogen and oxygen atoms in total. The topological polar surface area (TPSA) is 72.6 Å². The fourth-order valence-electron chi connectivity index (χ4n) is 1.86. The van der Waals surface area contributed by atoms with Gasteiger partial charge in [-0.1, -0.05) is 12.0 Å².